The predicted octanol–water partition coefficient (Wildman–Crippen LogP) is 6.27. The molecule has 0 radical (unpaired) electrons. The second-order valence-electron chi connectivity index (χ2n) is 11.5. The molecule has 6 heteroatoms. The normalized spacial score (nSPS) is 17.5. The van der Waals surface area contributed by atoms with E-state index in [9.17, 15) is 9.18 Å². The van der Waals surface area contributed by atoms with Crippen molar-refractivity contribution in [2.45, 2.75) is 76.9 Å². The van der Waals surface area contributed by atoms with Crippen molar-refractivity contribution in [2.75, 3.05) is 0 Å². The molecule has 2 aromatic carbocycles. The number of carbonyl (C=O) groups excluding carboxylic acids is 1. The van der Waals surface area contributed by atoms with E-state index in [4.69, 9.17) is 4.98 Å². The lowest BCUT2D eigenvalue weighted by Gasteiger charge is -2.46. The van der Waals surface area contributed by atoms with Crippen molar-refractivity contribution in [1.29, 1.82) is 0 Å². The number of pyridine rings is 1. The quantitative estimate of drug-likeness (QED) is 0.301. The van der Waals surface area contributed by atoms with Gasteiger partial charge in [0.25, 0.3) is 0 Å². The van der Waals surface area contributed by atoms with E-state index in [0.717, 1.165) is 51.6 Å². The van der Waals surface area contributed by atoms with Crippen molar-refractivity contribution in [3.05, 3.63) is 66.0 Å². The van der Waals surface area contributed by atoms with Crippen LogP contribution in [0.15, 0.2) is 54.6 Å². The number of hydrogen-bond acceptors (Lipinski definition) is 3. The van der Waals surface area contributed by atoms with Crippen molar-refractivity contribution in [3.8, 4) is 11.4 Å². The van der Waals surface area contributed by atoms with E-state index in [-0.39, 0.29) is 28.8 Å². The molecule has 2 aromatic heterocycles. The molecule has 0 unspecified atom stereocenters. The van der Waals surface area contributed by atoms with Crippen molar-refractivity contribution < 1.29 is 9.18 Å². The number of hydrogen-bond donors (Lipinski definition) is 3. The Kier molecular flexibility index (Phi) is 6.33. The van der Waals surface area contributed by atoms with Crippen molar-refractivity contribution in [3.63, 3.8) is 0 Å². The summed E-state index contributed by atoms with van der Waals surface area (Å²) < 4.78 is 14.2. The Morgan fingerprint density at radius 3 is 2.58 bits per heavy atom. The number of aryl methyl sites for hydroxylation is 1. The number of rotatable bonds is 6. The minimum atomic E-state index is -0.269. The van der Waals surface area contributed by atoms with Gasteiger partial charge in [-0.3, -0.25) is 4.79 Å². The number of aromatic nitrogens is 2. The Labute approximate surface area is 211 Å². The van der Waals surface area contributed by atoms with E-state index in [1.54, 1.807) is 12.1 Å². The lowest BCUT2D eigenvalue weighted by molar-refractivity contribution is -0.122. The van der Waals surface area contributed by atoms with E-state index >= 15 is 0 Å². The lowest BCUT2D eigenvalue weighted by Crippen LogP contribution is -2.62. The van der Waals surface area contributed by atoms with Crippen LogP contribution in [0.2, 0.25) is 0 Å². The summed E-state index contributed by atoms with van der Waals surface area (Å²) in [6.07, 6.45) is 3.57. The highest BCUT2D eigenvalue weighted by Gasteiger charge is 2.38. The Balaban J connectivity index is 1.34. The first-order valence-electron chi connectivity index (χ1n) is 12.8. The number of aromatic amines is 1. The summed E-state index contributed by atoms with van der Waals surface area (Å²) in [5.74, 6) is -0.195. The molecule has 1 saturated heterocycles. The summed E-state index contributed by atoms with van der Waals surface area (Å²) in [5, 5.41) is 8.85. The molecule has 1 aliphatic rings. The van der Waals surface area contributed by atoms with E-state index in [1.807, 2.05) is 30.3 Å². The molecule has 4 aromatic rings. The molecule has 3 N–H and O–H groups in total. The molecule has 1 amide bonds. The Morgan fingerprint density at radius 2 is 1.81 bits per heavy atom. The molecular formula is C30H35FN4O. The Hall–Kier alpha value is -3.25. The van der Waals surface area contributed by atoms with E-state index in [2.05, 4.69) is 49.4 Å². The third kappa shape index (κ3) is 5.29. The van der Waals surface area contributed by atoms with Crippen LogP contribution >= 0.6 is 0 Å². The maximum absolute atomic E-state index is 14.2. The van der Waals surface area contributed by atoms with Gasteiger partial charge in [0.2, 0.25) is 5.91 Å². The first kappa shape index (κ1) is 24.4. The Bertz CT molecular complexity index is 1410. The number of benzene rings is 2. The maximum atomic E-state index is 14.2. The summed E-state index contributed by atoms with van der Waals surface area (Å²) in [5.41, 5.74) is 4.47. The highest BCUT2D eigenvalue weighted by atomic mass is 19.1. The summed E-state index contributed by atoms with van der Waals surface area (Å²) in [6.45, 7) is 8.74. The number of amides is 1. The summed E-state index contributed by atoms with van der Waals surface area (Å²) in [4.78, 5) is 21.2. The monoisotopic (exact) mass is 486 g/mol. The summed E-state index contributed by atoms with van der Waals surface area (Å²) in [6, 6.07) is 17.0. The first-order chi connectivity index (χ1) is 17.1. The third-order valence-corrected chi connectivity index (χ3v) is 7.11. The maximum Gasteiger partial charge on any atom is 0.220 e. The second-order valence-corrected chi connectivity index (χ2v) is 11.5. The highest BCUT2D eigenvalue weighted by Crippen LogP contribution is 2.32. The molecule has 1 fully saturated rings. The smallest absolute Gasteiger partial charge is 0.220 e. The van der Waals surface area contributed by atoms with Crippen LogP contribution in [0.5, 0.6) is 0 Å². The number of halogens is 1. The first-order valence-corrected chi connectivity index (χ1v) is 12.8. The van der Waals surface area contributed by atoms with Gasteiger partial charge < -0.3 is 15.6 Å². The molecule has 5 rings (SSSR count). The fourth-order valence-electron chi connectivity index (χ4n) is 6.05. The van der Waals surface area contributed by atoms with Crippen LogP contribution in [0.4, 0.5) is 4.39 Å². The van der Waals surface area contributed by atoms with Gasteiger partial charge in [0, 0.05) is 39.8 Å². The number of nitrogens with one attached hydrogen (secondary N) is 3. The van der Waals surface area contributed by atoms with Crippen molar-refractivity contribution in [2.24, 2.45) is 0 Å². The lowest BCUT2D eigenvalue weighted by atomic mass is 9.79. The van der Waals surface area contributed by atoms with Gasteiger partial charge in [0.05, 0.1) is 16.9 Å². The van der Waals surface area contributed by atoms with E-state index in [0.29, 0.717) is 19.3 Å². The zero-order valence-electron chi connectivity index (χ0n) is 21.5. The van der Waals surface area contributed by atoms with Crippen molar-refractivity contribution in [1.82, 2.24) is 20.6 Å². The fraction of sp³-hybridized carbons (Fsp3) is 0.400. The molecule has 0 atom stereocenters. The minimum absolute atomic E-state index is 0.0183. The van der Waals surface area contributed by atoms with Gasteiger partial charge in [0.15, 0.2) is 0 Å². The summed E-state index contributed by atoms with van der Waals surface area (Å²) in [7, 11) is 0. The van der Waals surface area contributed by atoms with Gasteiger partial charge in [-0.05, 0) is 89.3 Å². The van der Waals surface area contributed by atoms with Crippen LogP contribution in [-0.4, -0.2) is 33.0 Å². The van der Waals surface area contributed by atoms with Gasteiger partial charge in [0.1, 0.15) is 5.82 Å². The summed E-state index contributed by atoms with van der Waals surface area (Å²) >= 11 is 0. The largest absolute Gasteiger partial charge is 0.353 e. The number of nitrogens with zero attached hydrogens (tertiary/aromatic N) is 1. The van der Waals surface area contributed by atoms with Gasteiger partial charge in [-0.2, -0.15) is 0 Å². The van der Waals surface area contributed by atoms with E-state index < -0.39 is 0 Å². The molecule has 0 bridgehead atoms. The number of carbonyl (C=O) groups is 1. The predicted molar refractivity (Wildman–Crippen MR) is 144 cm³/mol. The average Bonchev–Trinajstić information content (AvgIpc) is 3.14. The standard InChI is InChI=1S/C30H35FN4O/c1-29(2)17-21(18-30(3,4)35-29)32-27(36)11-7-9-22-23-16-20(31)13-15-25(23)34-28(22)26-14-12-19-8-5-6-10-24(19)33-26/h5-6,8,10,12-16,21,34-35H,7,9,11,17-18H2,1-4H3,(H,32,36). The molecular weight excluding hydrogens is 451 g/mol. The van der Waals surface area contributed by atoms with Crippen LogP contribution in [0.1, 0.15) is 58.9 Å². The molecule has 5 nitrogen and oxygen atoms in total. The Morgan fingerprint density at radius 1 is 1.06 bits per heavy atom. The molecule has 3 heterocycles. The SMILES string of the molecule is CC1(C)CC(NC(=O)CCCc2c(-c3ccc4ccccc4n3)[nH]c3ccc(F)cc23)CC(C)(C)N1. The molecule has 188 valence electrons. The van der Waals surface area contributed by atoms with Gasteiger partial charge >= 0.3 is 0 Å². The minimum Gasteiger partial charge on any atom is -0.353 e. The molecule has 0 spiro atoms. The zero-order valence-corrected chi connectivity index (χ0v) is 21.5. The molecule has 0 aliphatic carbocycles. The second kappa shape index (κ2) is 9.32. The van der Waals surface area contributed by atoms with Crippen LogP contribution < -0.4 is 10.6 Å². The topological polar surface area (TPSA) is 69.8 Å². The number of H-pyrrole nitrogens is 1. The van der Waals surface area contributed by atoms with Crippen LogP contribution in [0.3, 0.4) is 0 Å². The van der Waals surface area contributed by atoms with Gasteiger partial charge in [-0.1, -0.05) is 24.3 Å². The van der Waals surface area contributed by atoms with E-state index in [1.165, 1.54) is 6.07 Å². The van der Waals surface area contributed by atoms with Gasteiger partial charge in [-0.15, -0.1) is 0 Å². The number of fused-ring (bicyclic) bond motifs is 2. The van der Waals surface area contributed by atoms with Crippen LogP contribution in [-0.2, 0) is 11.2 Å². The molecule has 36 heavy (non-hydrogen) atoms. The van der Waals surface area contributed by atoms with Crippen LogP contribution in [0.25, 0.3) is 33.2 Å². The highest BCUT2D eigenvalue weighted by molar-refractivity contribution is 5.91. The average molecular weight is 487 g/mol. The van der Waals surface area contributed by atoms with Crippen molar-refractivity contribution >= 4 is 27.7 Å². The third-order valence-electron chi connectivity index (χ3n) is 7.11. The molecule has 1 aliphatic heterocycles. The number of piperidine rings is 1. The van der Waals surface area contributed by atoms with Gasteiger partial charge in [-0.25, -0.2) is 9.37 Å². The fourth-order valence-corrected chi connectivity index (χ4v) is 6.05. The number of para-hydroxylation sites is 1. The zero-order chi connectivity index (χ0) is 25.5. The molecule has 0 saturated carbocycles. The van der Waals surface area contributed by atoms with Crippen LogP contribution in [0, 0.1) is 5.82 Å².